The summed E-state index contributed by atoms with van der Waals surface area (Å²) in [6, 6.07) is 54.7. The van der Waals surface area contributed by atoms with Gasteiger partial charge in [0.15, 0.2) is 0 Å². The molecule has 7 aromatic rings. The first kappa shape index (κ1) is 39.9. The van der Waals surface area contributed by atoms with Crippen LogP contribution in [0.4, 0.5) is 34.1 Å². The summed E-state index contributed by atoms with van der Waals surface area (Å²) in [6.07, 6.45) is 0. The summed E-state index contributed by atoms with van der Waals surface area (Å²) in [5, 5.41) is 2.21. The van der Waals surface area contributed by atoms with Crippen molar-refractivity contribution in [1.82, 2.24) is 0 Å². The predicted molar refractivity (Wildman–Crippen MR) is 220 cm³/mol. The molecule has 0 saturated carbocycles. The quantitative estimate of drug-likeness (QED) is 0.178. The van der Waals surface area contributed by atoms with E-state index in [1.807, 2.05) is 93.5 Å². The third-order valence-corrected chi connectivity index (χ3v) is 7.01. The van der Waals surface area contributed by atoms with Gasteiger partial charge in [-0.25, -0.2) is 0 Å². The van der Waals surface area contributed by atoms with Gasteiger partial charge in [-0.3, -0.25) is 0 Å². The molecule has 0 aliphatic carbocycles. The number of hydrogen-bond donors (Lipinski definition) is 0. The number of fused-ring (bicyclic) bond motifs is 3. The SMILES string of the molecule is CC.CC.CC.CC.CC.c1ccc(N(c2ccccc2)c2ccc3c(c2)oc2cc(N(c4ccccc4)c4ccccc4)ccc23)cc1. The Morgan fingerprint density at radius 2 is 0.531 bits per heavy atom. The number of rotatable bonds is 6. The molecule has 0 unspecified atom stereocenters. The molecule has 0 radical (unpaired) electrons. The lowest BCUT2D eigenvalue weighted by Crippen LogP contribution is -2.09. The number of nitrogens with zero attached hydrogens (tertiary/aromatic N) is 2. The second kappa shape index (κ2) is 22.3. The highest BCUT2D eigenvalue weighted by molar-refractivity contribution is 6.07. The van der Waals surface area contributed by atoms with Crippen LogP contribution in [0.5, 0.6) is 0 Å². The largest absolute Gasteiger partial charge is 0.456 e. The van der Waals surface area contributed by atoms with Gasteiger partial charge in [0.05, 0.1) is 0 Å². The van der Waals surface area contributed by atoms with Crippen molar-refractivity contribution in [2.24, 2.45) is 0 Å². The van der Waals surface area contributed by atoms with Crippen molar-refractivity contribution in [3.8, 4) is 0 Å². The molecule has 1 aromatic heterocycles. The maximum atomic E-state index is 6.52. The van der Waals surface area contributed by atoms with Crippen molar-refractivity contribution in [3.05, 3.63) is 158 Å². The first-order valence-corrected chi connectivity index (χ1v) is 18.1. The van der Waals surface area contributed by atoms with Gasteiger partial charge >= 0.3 is 0 Å². The van der Waals surface area contributed by atoms with Gasteiger partial charge in [0.25, 0.3) is 0 Å². The molecule has 0 spiro atoms. The van der Waals surface area contributed by atoms with E-state index in [-0.39, 0.29) is 0 Å². The lowest BCUT2D eigenvalue weighted by atomic mass is 10.1. The molecule has 3 heteroatoms. The molecular weight excluding hydrogens is 597 g/mol. The fourth-order valence-corrected chi connectivity index (χ4v) is 5.24. The van der Waals surface area contributed by atoms with Crippen LogP contribution in [0.15, 0.2) is 162 Å². The standard InChI is InChI=1S/C36H26N2O.5C2H6/c1-5-13-27(14-6-1)37(28-15-7-2-8-16-28)31-21-23-33-34-24-22-32(26-36(34)39-35(33)25-31)38(29-17-9-3-10-18-29)30-19-11-4-12-20-30;5*1-2/h1-26H;5*1-2H3. The summed E-state index contributed by atoms with van der Waals surface area (Å²) in [5.74, 6) is 0. The Morgan fingerprint density at radius 3 is 0.776 bits per heavy atom. The molecule has 0 bridgehead atoms. The Kier molecular flexibility index (Phi) is 18.2. The normalized spacial score (nSPS) is 9.43. The zero-order valence-corrected chi connectivity index (χ0v) is 31.3. The minimum atomic E-state index is 0.863. The number of benzene rings is 6. The lowest BCUT2D eigenvalue weighted by Gasteiger charge is -2.25. The summed E-state index contributed by atoms with van der Waals surface area (Å²) >= 11 is 0. The fraction of sp³-hybridized carbons (Fsp3) is 0.217. The van der Waals surface area contributed by atoms with Gasteiger partial charge in [0, 0.05) is 57.0 Å². The van der Waals surface area contributed by atoms with Gasteiger partial charge in [-0.2, -0.15) is 0 Å². The topological polar surface area (TPSA) is 19.6 Å². The molecule has 256 valence electrons. The summed E-state index contributed by atoms with van der Waals surface area (Å²) in [6.45, 7) is 20.0. The van der Waals surface area contributed by atoms with Gasteiger partial charge in [0.1, 0.15) is 11.2 Å². The van der Waals surface area contributed by atoms with Crippen molar-refractivity contribution >= 4 is 56.1 Å². The van der Waals surface area contributed by atoms with E-state index in [0.717, 1.165) is 56.1 Å². The predicted octanol–water partition coefficient (Wildman–Crippen LogP) is 15.7. The molecule has 0 aliphatic heterocycles. The Morgan fingerprint density at radius 1 is 0.286 bits per heavy atom. The second-order valence-corrected chi connectivity index (χ2v) is 9.48. The van der Waals surface area contributed by atoms with Gasteiger partial charge in [-0.1, -0.05) is 142 Å². The van der Waals surface area contributed by atoms with Gasteiger partial charge in [-0.15, -0.1) is 0 Å². The zero-order valence-electron chi connectivity index (χ0n) is 31.3. The molecule has 7 rings (SSSR count). The maximum Gasteiger partial charge on any atom is 0.137 e. The first-order chi connectivity index (χ1) is 24.3. The summed E-state index contributed by atoms with van der Waals surface area (Å²) in [4.78, 5) is 4.51. The molecule has 1 heterocycles. The van der Waals surface area contributed by atoms with E-state index in [4.69, 9.17) is 4.42 Å². The van der Waals surface area contributed by atoms with Crippen molar-refractivity contribution in [3.63, 3.8) is 0 Å². The first-order valence-electron chi connectivity index (χ1n) is 18.1. The minimum Gasteiger partial charge on any atom is -0.456 e. The third-order valence-electron chi connectivity index (χ3n) is 7.01. The van der Waals surface area contributed by atoms with Crippen molar-refractivity contribution in [1.29, 1.82) is 0 Å². The van der Waals surface area contributed by atoms with Crippen LogP contribution in [0, 0.1) is 0 Å². The molecule has 6 aromatic carbocycles. The molecule has 0 fully saturated rings. The molecule has 49 heavy (non-hydrogen) atoms. The Hall–Kier alpha value is -5.28. The Balaban J connectivity index is 0.000000768. The van der Waals surface area contributed by atoms with Gasteiger partial charge in [0.2, 0.25) is 0 Å². The summed E-state index contributed by atoms with van der Waals surface area (Å²) in [7, 11) is 0. The highest BCUT2D eigenvalue weighted by Crippen LogP contribution is 2.41. The fourth-order valence-electron chi connectivity index (χ4n) is 5.24. The maximum absolute atomic E-state index is 6.52. The Bertz CT molecular complexity index is 1630. The van der Waals surface area contributed by atoms with Crippen molar-refractivity contribution in [2.45, 2.75) is 69.2 Å². The molecule has 0 saturated heterocycles. The van der Waals surface area contributed by atoms with Crippen LogP contribution >= 0.6 is 0 Å². The molecule has 0 atom stereocenters. The number of para-hydroxylation sites is 4. The highest BCUT2D eigenvalue weighted by atomic mass is 16.3. The highest BCUT2D eigenvalue weighted by Gasteiger charge is 2.17. The van der Waals surface area contributed by atoms with Gasteiger partial charge < -0.3 is 14.2 Å². The van der Waals surface area contributed by atoms with Crippen LogP contribution in [0.2, 0.25) is 0 Å². The van der Waals surface area contributed by atoms with E-state index in [1.54, 1.807) is 0 Å². The zero-order chi connectivity index (χ0) is 36.0. The van der Waals surface area contributed by atoms with E-state index in [9.17, 15) is 0 Å². The Labute approximate surface area is 296 Å². The summed E-state index contributed by atoms with van der Waals surface area (Å²) < 4.78 is 6.52. The van der Waals surface area contributed by atoms with E-state index < -0.39 is 0 Å². The van der Waals surface area contributed by atoms with Crippen LogP contribution in [0.1, 0.15) is 69.2 Å². The van der Waals surface area contributed by atoms with Crippen LogP contribution in [0.3, 0.4) is 0 Å². The molecule has 0 N–H and O–H groups in total. The van der Waals surface area contributed by atoms with Crippen LogP contribution in [-0.4, -0.2) is 0 Å². The minimum absolute atomic E-state index is 0.863. The van der Waals surface area contributed by atoms with Crippen LogP contribution in [0.25, 0.3) is 21.9 Å². The van der Waals surface area contributed by atoms with E-state index in [1.165, 1.54) is 0 Å². The smallest absolute Gasteiger partial charge is 0.137 e. The third kappa shape index (κ3) is 9.87. The van der Waals surface area contributed by atoms with Crippen LogP contribution < -0.4 is 9.80 Å². The monoisotopic (exact) mass is 652 g/mol. The lowest BCUT2D eigenvalue weighted by molar-refractivity contribution is 0.669. The second-order valence-electron chi connectivity index (χ2n) is 9.48. The number of hydrogen-bond acceptors (Lipinski definition) is 3. The van der Waals surface area contributed by atoms with E-state index in [2.05, 4.69) is 143 Å². The molecule has 0 amide bonds. The average molecular weight is 653 g/mol. The average Bonchev–Trinajstić information content (AvgIpc) is 3.58. The van der Waals surface area contributed by atoms with E-state index >= 15 is 0 Å². The van der Waals surface area contributed by atoms with E-state index in [0.29, 0.717) is 0 Å². The number of furan rings is 1. The van der Waals surface area contributed by atoms with Crippen LogP contribution in [-0.2, 0) is 0 Å². The van der Waals surface area contributed by atoms with Crippen molar-refractivity contribution in [2.75, 3.05) is 9.80 Å². The molecule has 3 nitrogen and oxygen atoms in total. The molecule has 0 aliphatic rings. The molecular formula is C46H56N2O. The summed E-state index contributed by atoms with van der Waals surface area (Å²) in [5.41, 5.74) is 8.23. The number of anilines is 6. The van der Waals surface area contributed by atoms with Crippen molar-refractivity contribution < 1.29 is 4.42 Å². The van der Waals surface area contributed by atoms with Gasteiger partial charge in [-0.05, 0) is 72.8 Å².